The summed E-state index contributed by atoms with van der Waals surface area (Å²) in [5, 5.41) is 18.6. The Morgan fingerprint density at radius 2 is 2.33 bits per heavy atom. The predicted molar refractivity (Wildman–Crippen MR) is 58.1 cm³/mol. The molecule has 0 radical (unpaired) electrons. The maximum absolute atomic E-state index is 11.4. The van der Waals surface area contributed by atoms with Crippen molar-refractivity contribution in [2.24, 2.45) is 0 Å². The number of hydrogen-bond acceptors (Lipinski definition) is 5. The third kappa shape index (κ3) is 3.05. The molecular weight excluding hydrogens is 216 g/mol. The van der Waals surface area contributed by atoms with Crippen LogP contribution in [0.5, 0.6) is 0 Å². The Morgan fingerprint density at radius 3 is 2.87 bits per heavy atom. The van der Waals surface area contributed by atoms with Crippen LogP contribution in [0.2, 0.25) is 0 Å². The molecule has 0 aliphatic heterocycles. The summed E-state index contributed by atoms with van der Waals surface area (Å²) in [6, 6.07) is 0. The number of hydrogen-bond donors (Lipinski definition) is 2. The summed E-state index contributed by atoms with van der Waals surface area (Å²) in [7, 11) is 0. The summed E-state index contributed by atoms with van der Waals surface area (Å²) in [4.78, 5) is 15.3. The Balaban J connectivity index is 3.00. The molecule has 1 atom stereocenters. The van der Waals surface area contributed by atoms with Gasteiger partial charge in [0.15, 0.2) is 0 Å². The van der Waals surface area contributed by atoms with Gasteiger partial charge in [0.1, 0.15) is 5.03 Å². The van der Waals surface area contributed by atoms with E-state index in [1.165, 1.54) is 16.3 Å². The van der Waals surface area contributed by atoms with E-state index in [4.69, 9.17) is 5.11 Å². The second-order valence-electron chi connectivity index (χ2n) is 3.20. The van der Waals surface area contributed by atoms with Gasteiger partial charge in [-0.15, -0.1) is 11.8 Å². The van der Waals surface area contributed by atoms with Crippen LogP contribution in [0.15, 0.2) is 16.0 Å². The Morgan fingerprint density at radius 1 is 1.67 bits per heavy atom. The molecule has 0 aliphatic carbocycles. The molecule has 1 aromatic rings. The first-order valence-electron chi connectivity index (χ1n) is 4.49. The SMILES string of the molecule is CSc1nc(=O)n(CC(O)CO)cc1C. The lowest BCUT2D eigenvalue weighted by atomic mass is 10.3. The summed E-state index contributed by atoms with van der Waals surface area (Å²) in [5.74, 6) is 0. The van der Waals surface area contributed by atoms with Crippen molar-refractivity contribution < 1.29 is 10.2 Å². The first-order valence-corrected chi connectivity index (χ1v) is 5.72. The molecule has 1 aromatic heterocycles. The van der Waals surface area contributed by atoms with E-state index in [1.807, 2.05) is 13.2 Å². The van der Waals surface area contributed by atoms with E-state index in [9.17, 15) is 9.90 Å². The molecule has 15 heavy (non-hydrogen) atoms. The molecule has 84 valence electrons. The van der Waals surface area contributed by atoms with E-state index in [1.54, 1.807) is 6.20 Å². The highest BCUT2D eigenvalue weighted by molar-refractivity contribution is 7.98. The van der Waals surface area contributed by atoms with Crippen molar-refractivity contribution in [3.05, 3.63) is 22.2 Å². The fraction of sp³-hybridized carbons (Fsp3) is 0.556. The summed E-state index contributed by atoms with van der Waals surface area (Å²) >= 11 is 1.41. The van der Waals surface area contributed by atoms with Gasteiger partial charge in [0.2, 0.25) is 0 Å². The van der Waals surface area contributed by atoms with Gasteiger partial charge in [-0.2, -0.15) is 4.98 Å². The lowest BCUT2D eigenvalue weighted by molar-refractivity contribution is 0.0799. The Labute approximate surface area is 91.8 Å². The predicted octanol–water partition coefficient (Wildman–Crippen LogP) is -0.373. The minimum atomic E-state index is -0.927. The van der Waals surface area contributed by atoms with Crippen molar-refractivity contribution in [2.45, 2.75) is 24.6 Å². The van der Waals surface area contributed by atoms with Gasteiger partial charge >= 0.3 is 5.69 Å². The number of aliphatic hydroxyl groups excluding tert-OH is 2. The molecule has 2 N–H and O–H groups in total. The zero-order valence-corrected chi connectivity index (χ0v) is 9.49. The van der Waals surface area contributed by atoms with Crippen LogP contribution in [0, 0.1) is 6.92 Å². The van der Waals surface area contributed by atoms with Crippen molar-refractivity contribution in [1.29, 1.82) is 0 Å². The van der Waals surface area contributed by atoms with Gasteiger partial charge in [-0.3, -0.25) is 4.57 Å². The van der Waals surface area contributed by atoms with Crippen LogP contribution in [0.3, 0.4) is 0 Å². The van der Waals surface area contributed by atoms with Gasteiger partial charge in [0, 0.05) is 6.20 Å². The zero-order chi connectivity index (χ0) is 11.4. The fourth-order valence-corrected chi connectivity index (χ4v) is 1.75. The highest BCUT2D eigenvalue weighted by Crippen LogP contribution is 2.13. The molecule has 0 aromatic carbocycles. The van der Waals surface area contributed by atoms with E-state index in [2.05, 4.69) is 4.98 Å². The van der Waals surface area contributed by atoms with Crippen molar-refractivity contribution in [3.8, 4) is 0 Å². The average molecular weight is 230 g/mol. The number of aliphatic hydroxyl groups is 2. The first-order chi connectivity index (χ1) is 7.08. The van der Waals surface area contributed by atoms with Gasteiger partial charge in [-0.25, -0.2) is 4.79 Å². The maximum Gasteiger partial charge on any atom is 0.348 e. The molecule has 6 heteroatoms. The molecule has 5 nitrogen and oxygen atoms in total. The molecular formula is C9H14N2O3S. The van der Waals surface area contributed by atoms with Crippen molar-refractivity contribution in [1.82, 2.24) is 9.55 Å². The Bertz CT molecular complexity index is 391. The smallest absolute Gasteiger partial charge is 0.348 e. The van der Waals surface area contributed by atoms with Gasteiger partial charge in [-0.05, 0) is 18.7 Å². The summed E-state index contributed by atoms with van der Waals surface area (Å²) in [6.45, 7) is 1.55. The fourth-order valence-electron chi connectivity index (χ4n) is 1.21. The maximum atomic E-state index is 11.4. The van der Waals surface area contributed by atoms with Gasteiger partial charge in [0.25, 0.3) is 0 Å². The third-order valence-electron chi connectivity index (χ3n) is 1.94. The molecule has 1 heterocycles. The van der Waals surface area contributed by atoms with E-state index >= 15 is 0 Å². The second-order valence-corrected chi connectivity index (χ2v) is 4.00. The molecule has 1 unspecified atom stereocenters. The summed E-state index contributed by atoms with van der Waals surface area (Å²) in [5.41, 5.74) is 0.477. The quantitative estimate of drug-likeness (QED) is 0.545. The largest absolute Gasteiger partial charge is 0.394 e. The Kier molecular flexibility index (Phi) is 4.31. The van der Waals surface area contributed by atoms with Crippen molar-refractivity contribution in [3.63, 3.8) is 0 Å². The lowest BCUT2D eigenvalue weighted by Gasteiger charge is -2.11. The molecule has 0 aliphatic rings. The molecule has 0 fully saturated rings. The minimum Gasteiger partial charge on any atom is -0.394 e. The van der Waals surface area contributed by atoms with Crippen LogP contribution in [0.25, 0.3) is 0 Å². The molecule has 0 bridgehead atoms. The van der Waals surface area contributed by atoms with Crippen LogP contribution in [-0.2, 0) is 6.54 Å². The second kappa shape index (κ2) is 5.29. The summed E-state index contributed by atoms with van der Waals surface area (Å²) < 4.78 is 1.30. The molecule has 0 saturated heterocycles. The zero-order valence-electron chi connectivity index (χ0n) is 8.67. The van der Waals surface area contributed by atoms with Crippen molar-refractivity contribution >= 4 is 11.8 Å². The van der Waals surface area contributed by atoms with Crippen LogP contribution in [-0.4, -0.2) is 38.7 Å². The Hall–Kier alpha value is -0.850. The normalized spacial score (nSPS) is 12.8. The number of nitrogens with zero attached hydrogens (tertiary/aromatic N) is 2. The average Bonchev–Trinajstić information content (AvgIpc) is 2.22. The van der Waals surface area contributed by atoms with Crippen LogP contribution >= 0.6 is 11.8 Å². The molecule has 0 amide bonds. The van der Waals surface area contributed by atoms with Crippen LogP contribution in [0.1, 0.15) is 5.56 Å². The van der Waals surface area contributed by atoms with Crippen LogP contribution < -0.4 is 5.69 Å². The number of aromatic nitrogens is 2. The van der Waals surface area contributed by atoms with E-state index in [-0.39, 0.29) is 13.2 Å². The summed E-state index contributed by atoms with van der Waals surface area (Å²) in [6.07, 6.45) is 2.56. The van der Waals surface area contributed by atoms with Gasteiger partial charge in [-0.1, -0.05) is 0 Å². The molecule has 0 spiro atoms. The first kappa shape index (κ1) is 12.2. The third-order valence-corrected chi connectivity index (χ3v) is 2.74. The number of aryl methyl sites for hydroxylation is 1. The highest BCUT2D eigenvalue weighted by atomic mass is 32.2. The van der Waals surface area contributed by atoms with E-state index in [0.29, 0.717) is 5.03 Å². The highest BCUT2D eigenvalue weighted by Gasteiger charge is 2.08. The molecule has 1 rings (SSSR count). The van der Waals surface area contributed by atoms with E-state index < -0.39 is 11.8 Å². The number of thioether (sulfide) groups is 1. The standard InChI is InChI=1S/C9H14N2O3S/c1-6-3-11(4-7(13)5-12)9(14)10-8(6)15-2/h3,7,12-13H,4-5H2,1-2H3. The lowest BCUT2D eigenvalue weighted by Crippen LogP contribution is -2.30. The monoisotopic (exact) mass is 230 g/mol. The minimum absolute atomic E-state index is 0.0673. The van der Waals surface area contributed by atoms with Gasteiger partial charge in [0.05, 0.1) is 19.3 Å². The van der Waals surface area contributed by atoms with E-state index in [0.717, 1.165) is 5.56 Å². The topological polar surface area (TPSA) is 75.4 Å². The van der Waals surface area contributed by atoms with Crippen molar-refractivity contribution in [2.75, 3.05) is 12.9 Å². The molecule has 0 saturated carbocycles. The number of rotatable bonds is 4. The van der Waals surface area contributed by atoms with Crippen LogP contribution in [0.4, 0.5) is 0 Å². The van der Waals surface area contributed by atoms with Gasteiger partial charge < -0.3 is 10.2 Å².